The van der Waals surface area contributed by atoms with E-state index in [-0.39, 0.29) is 17.5 Å². The number of nitrogens with zero attached hydrogens (tertiary/aromatic N) is 3. The summed E-state index contributed by atoms with van der Waals surface area (Å²) in [5.74, 6) is 0.433. The van der Waals surface area contributed by atoms with Crippen molar-refractivity contribution in [1.29, 1.82) is 0 Å². The van der Waals surface area contributed by atoms with Gasteiger partial charge in [0.25, 0.3) is 0 Å². The SMILES string of the molecule is CCCCC[C@@H](C)N1C[C@@H](COCc2ccccc2)Oc2cc(N3CC[C@H](N(C)C)C3)ccc2S1(=O)=O. The standard InChI is InChI=1S/C29H43N3O4S/c1-5-6-8-11-23(2)32-20-27(22-35-21-24-12-9-7-10-13-24)36-28-18-25(14-15-29(28)37(32,33)34)31-17-16-26(19-31)30(3)4/h7,9-10,12-15,18,23,26-27H,5-6,8,11,16-17,19-22H2,1-4H3/t23-,26+,27+/m1/s1. The highest BCUT2D eigenvalue weighted by atomic mass is 32.2. The lowest BCUT2D eigenvalue weighted by atomic mass is 10.1. The molecule has 2 aromatic rings. The smallest absolute Gasteiger partial charge is 0.247 e. The van der Waals surface area contributed by atoms with Crippen LogP contribution in [0.15, 0.2) is 53.4 Å². The Morgan fingerprint density at radius 3 is 2.59 bits per heavy atom. The second kappa shape index (κ2) is 12.6. The average Bonchev–Trinajstić information content (AvgIpc) is 3.35. The van der Waals surface area contributed by atoms with Crippen LogP contribution in [0.3, 0.4) is 0 Å². The zero-order valence-corrected chi connectivity index (χ0v) is 23.6. The van der Waals surface area contributed by atoms with E-state index in [0.717, 1.165) is 56.4 Å². The summed E-state index contributed by atoms with van der Waals surface area (Å²) in [5, 5.41) is 0. The third kappa shape index (κ3) is 6.85. The molecule has 8 heteroatoms. The number of fused-ring (bicyclic) bond motifs is 1. The minimum Gasteiger partial charge on any atom is -0.485 e. The summed E-state index contributed by atoms with van der Waals surface area (Å²) in [6, 6.07) is 16.0. The normalized spacial score (nSPS) is 22.5. The van der Waals surface area contributed by atoms with Crippen molar-refractivity contribution in [1.82, 2.24) is 9.21 Å². The minimum atomic E-state index is -3.70. The highest BCUT2D eigenvalue weighted by Crippen LogP contribution is 2.37. The first-order chi connectivity index (χ1) is 17.8. The molecule has 3 atom stereocenters. The van der Waals surface area contributed by atoms with Gasteiger partial charge in [-0.3, -0.25) is 0 Å². The largest absolute Gasteiger partial charge is 0.485 e. The van der Waals surface area contributed by atoms with Gasteiger partial charge in [-0.1, -0.05) is 56.5 Å². The third-order valence-electron chi connectivity index (χ3n) is 7.58. The van der Waals surface area contributed by atoms with Crippen LogP contribution in [0.5, 0.6) is 5.75 Å². The number of hydrogen-bond acceptors (Lipinski definition) is 6. The summed E-state index contributed by atoms with van der Waals surface area (Å²) in [4.78, 5) is 4.83. The Morgan fingerprint density at radius 2 is 1.89 bits per heavy atom. The van der Waals surface area contributed by atoms with Crippen molar-refractivity contribution in [3.05, 3.63) is 54.1 Å². The van der Waals surface area contributed by atoms with Crippen LogP contribution in [0, 0.1) is 0 Å². The van der Waals surface area contributed by atoms with E-state index in [1.165, 1.54) is 0 Å². The van der Waals surface area contributed by atoms with Crippen molar-refractivity contribution in [3.63, 3.8) is 0 Å². The van der Waals surface area contributed by atoms with E-state index < -0.39 is 16.1 Å². The Morgan fingerprint density at radius 1 is 1.11 bits per heavy atom. The Hall–Kier alpha value is -2.13. The van der Waals surface area contributed by atoms with Crippen molar-refractivity contribution in [2.24, 2.45) is 0 Å². The Labute approximate surface area is 223 Å². The first kappa shape index (κ1) is 27.9. The predicted molar refractivity (Wildman–Crippen MR) is 149 cm³/mol. The van der Waals surface area contributed by atoms with Crippen molar-refractivity contribution in [2.45, 2.75) is 75.6 Å². The molecule has 0 amide bonds. The summed E-state index contributed by atoms with van der Waals surface area (Å²) in [5.41, 5.74) is 2.09. The van der Waals surface area contributed by atoms with Gasteiger partial charge in [0, 0.05) is 36.9 Å². The number of rotatable bonds is 11. The maximum absolute atomic E-state index is 13.9. The number of ether oxygens (including phenoxy) is 2. The molecule has 2 heterocycles. The molecule has 0 aromatic heterocycles. The fraction of sp³-hybridized carbons (Fsp3) is 0.586. The van der Waals surface area contributed by atoms with E-state index in [2.05, 4.69) is 30.8 Å². The summed E-state index contributed by atoms with van der Waals surface area (Å²) >= 11 is 0. The number of sulfonamides is 1. The lowest BCUT2D eigenvalue weighted by Crippen LogP contribution is -2.44. The molecule has 7 nitrogen and oxygen atoms in total. The molecule has 0 aliphatic carbocycles. The first-order valence-electron chi connectivity index (χ1n) is 13.6. The maximum atomic E-state index is 13.9. The number of hydrogen-bond donors (Lipinski definition) is 0. The molecule has 4 rings (SSSR count). The van der Waals surface area contributed by atoms with Gasteiger partial charge in [-0.25, -0.2) is 8.42 Å². The van der Waals surface area contributed by atoms with Gasteiger partial charge in [-0.05, 0) is 51.6 Å². The lowest BCUT2D eigenvalue weighted by molar-refractivity contribution is 0.0310. The number of likely N-dealkylation sites (N-methyl/N-ethyl adjacent to an activating group) is 1. The van der Waals surface area contributed by atoms with Crippen molar-refractivity contribution in [2.75, 3.05) is 45.2 Å². The van der Waals surface area contributed by atoms with Gasteiger partial charge in [-0.15, -0.1) is 0 Å². The van der Waals surface area contributed by atoms with Gasteiger partial charge in [0.05, 0.1) is 19.8 Å². The number of benzene rings is 2. The molecule has 2 aromatic carbocycles. The second-order valence-electron chi connectivity index (χ2n) is 10.6. The fourth-order valence-electron chi connectivity index (χ4n) is 5.26. The molecule has 2 aliphatic heterocycles. The molecule has 0 radical (unpaired) electrons. The topological polar surface area (TPSA) is 62.3 Å². The molecule has 0 saturated carbocycles. The maximum Gasteiger partial charge on any atom is 0.247 e. The third-order valence-corrected chi connectivity index (χ3v) is 9.60. The highest BCUT2D eigenvalue weighted by molar-refractivity contribution is 7.89. The van der Waals surface area contributed by atoms with E-state index >= 15 is 0 Å². The Balaban J connectivity index is 1.58. The molecular weight excluding hydrogens is 486 g/mol. The Bertz CT molecular complexity index is 1110. The average molecular weight is 530 g/mol. The van der Waals surface area contributed by atoms with Crippen LogP contribution in [0.25, 0.3) is 0 Å². The molecule has 0 unspecified atom stereocenters. The Kier molecular flexibility index (Phi) is 9.51. The van der Waals surface area contributed by atoms with Gasteiger partial charge in [0.1, 0.15) is 16.7 Å². The first-order valence-corrected chi connectivity index (χ1v) is 15.1. The quantitative estimate of drug-likeness (QED) is 0.391. The fourth-order valence-corrected chi connectivity index (χ4v) is 7.05. The van der Waals surface area contributed by atoms with Crippen LogP contribution < -0.4 is 9.64 Å². The minimum absolute atomic E-state index is 0.109. The number of unbranched alkanes of at least 4 members (excludes halogenated alkanes) is 2. The zero-order valence-electron chi connectivity index (χ0n) is 22.8. The van der Waals surface area contributed by atoms with Gasteiger partial charge in [0.15, 0.2) is 0 Å². The molecule has 1 fully saturated rings. The van der Waals surface area contributed by atoms with E-state index in [4.69, 9.17) is 9.47 Å². The van der Waals surface area contributed by atoms with Crippen LogP contribution in [0.2, 0.25) is 0 Å². The molecular formula is C29H43N3O4S. The molecule has 37 heavy (non-hydrogen) atoms. The second-order valence-corrected chi connectivity index (χ2v) is 12.5. The monoisotopic (exact) mass is 529 g/mol. The van der Waals surface area contributed by atoms with Gasteiger partial charge in [-0.2, -0.15) is 4.31 Å². The van der Waals surface area contributed by atoms with E-state index in [1.807, 2.05) is 49.4 Å². The van der Waals surface area contributed by atoms with Crippen molar-refractivity contribution >= 4 is 15.7 Å². The highest BCUT2D eigenvalue weighted by Gasteiger charge is 2.38. The molecule has 0 N–H and O–H groups in total. The van der Waals surface area contributed by atoms with Crippen LogP contribution in [0.4, 0.5) is 5.69 Å². The summed E-state index contributed by atoms with van der Waals surface area (Å²) in [7, 11) is 0.512. The van der Waals surface area contributed by atoms with Gasteiger partial charge >= 0.3 is 0 Å². The van der Waals surface area contributed by atoms with Crippen LogP contribution in [-0.4, -0.2) is 76.1 Å². The molecule has 204 valence electrons. The molecule has 0 spiro atoms. The van der Waals surface area contributed by atoms with E-state index in [1.54, 1.807) is 10.4 Å². The van der Waals surface area contributed by atoms with Crippen LogP contribution >= 0.6 is 0 Å². The molecule has 2 aliphatic rings. The van der Waals surface area contributed by atoms with Crippen molar-refractivity contribution in [3.8, 4) is 5.75 Å². The van der Waals surface area contributed by atoms with Gasteiger partial charge in [0.2, 0.25) is 10.0 Å². The lowest BCUT2D eigenvalue weighted by Gasteiger charge is -2.28. The van der Waals surface area contributed by atoms with Crippen LogP contribution in [-0.2, 0) is 21.4 Å². The predicted octanol–water partition coefficient (Wildman–Crippen LogP) is 4.76. The molecule has 0 bridgehead atoms. The molecule has 1 saturated heterocycles. The summed E-state index contributed by atoms with van der Waals surface area (Å²) < 4.78 is 41.9. The van der Waals surface area contributed by atoms with E-state index in [9.17, 15) is 8.42 Å². The zero-order chi connectivity index (χ0) is 26.4. The summed E-state index contributed by atoms with van der Waals surface area (Å²) in [6.07, 6.45) is 4.74. The van der Waals surface area contributed by atoms with Crippen molar-refractivity contribution < 1.29 is 17.9 Å². The summed E-state index contributed by atoms with van der Waals surface area (Å²) in [6.45, 7) is 7.10. The van der Waals surface area contributed by atoms with E-state index in [0.29, 0.717) is 25.0 Å². The van der Waals surface area contributed by atoms with Crippen LogP contribution in [0.1, 0.15) is 51.5 Å². The number of anilines is 1. The van der Waals surface area contributed by atoms with Gasteiger partial charge < -0.3 is 19.3 Å².